The molecule has 0 aliphatic carbocycles. The predicted molar refractivity (Wildman–Crippen MR) is 126 cm³/mol. The first-order valence-corrected chi connectivity index (χ1v) is 10.7. The number of nitrogens with one attached hydrogen (secondary N) is 2. The van der Waals surface area contributed by atoms with Gasteiger partial charge in [-0.25, -0.2) is 15.0 Å². The molecule has 0 saturated carbocycles. The standard InChI is InChI=1S/C23H28N8O/c1-14(2)19(11-32)28-23-29-21(20-22(30-23)31(13-26-20)15(3)4)27-18-7-5-16(6-8-18)17-9-24-12-25-10-17/h5-10,12-15,19,32H,11H2,1-4H3,(H2,27,28,29,30)/t19-/m0/s1. The van der Waals surface area contributed by atoms with Crippen LogP contribution in [-0.2, 0) is 0 Å². The summed E-state index contributed by atoms with van der Waals surface area (Å²) in [6, 6.07) is 8.02. The monoisotopic (exact) mass is 432 g/mol. The minimum atomic E-state index is -0.150. The summed E-state index contributed by atoms with van der Waals surface area (Å²) in [5, 5.41) is 16.4. The van der Waals surface area contributed by atoms with Crippen LogP contribution in [0.2, 0.25) is 0 Å². The van der Waals surface area contributed by atoms with Crippen molar-refractivity contribution in [1.29, 1.82) is 0 Å². The summed E-state index contributed by atoms with van der Waals surface area (Å²) in [6.45, 7) is 8.25. The van der Waals surface area contributed by atoms with Gasteiger partial charge in [0, 0.05) is 29.7 Å². The molecule has 3 aromatic heterocycles. The first kappa shape index (κ1) is 21.6. The molecule has 3 heterocycles. The molecule has 0 amide bonds. The lowest BCUT2D eigenvalue weighted by atomic mass is 10.1. The lowest BCUT2D eigenvalue weighted by Gasteiger charge is -2.20. The number of imidazole rings is 1. The number of fused-ring (bicyclic) bond motifs is 1. The molecule has 0 aliphatic rings. The summed E-state index contributed by atoms with van der Waals surface area (Å²) in [6.07, 6.45) is 6.87. The van der Waals surface area contributed by atoms with Gasteiger partial charge in [0.15, 0.2) is 17.0 Å². The van der Waals surface area contributed by atoms with Crippen LogP contribution in [0.15, 0.2) is 49.3 Å². The van der Waals surface area contributed by atoms with Crippen LogP contribution in [0.5, 0.6) is 0 Å². The molecular formula is C23H28N8O. The molecule has 4 rings (SSSR count). The minimum Gasteiger partial charge on any atom is -0.394 e. The van der Waals surface area contributed by atoms with Gasteiger partial charge in [0.05, 0.1) is 19.0 Å². The average Bonchev–Trinajstić information content (AvgIpc) is 3.23. The average molecular weight is 433 g/mol. The topological polar surface area (TPSA) is 114 Å². The highest BCUT2D eigenvalue weighted by Crippen LogP contribution is 2.28. The largest absolute Gasteiger partial charge is 0.394 e. The van der Waals surface area contributed by atoms with Gasteiger partial charge in [-0.2, -0.15) is 9.97 Å². The molecule has 1 atom stereocenters. The van der Waals surface area contributed by atoms with E-state index < -0.39 is 0 Å². The molecule has 4 aromatic rings. The quantitative estimate of drug-likeness (QED) is 0.382. The summed E-state index contributed by atoms with van der Waals surface area (Å²) >= 11 is 0. The van der Waals surface area contributed by atoms with Crippen LogP contribution in [0, 0.1) is 5.92 Å². The molecule has 166 valence electrons. The van der Waals surface area contributed by atoms with Crippen LogP contribution in [0.4, 0.5) is 17.5 Å². The van der Waals surface area contributed by atoms with E-state index in [-0.39, 0.29) is 24.6 Å². The number of aromatic nitrogens is 6. The van der Waals surface area contributed by atoms with Gasteiger partial charge in [0.2, 0.25) is 5.95 Å². The van der Waals surface area contributed by atoms with Gasteiger partial charge >= 0.3 is 0 Å². The number of hydrogen-bond acceptors (Lipinski definition) is 8. The van der Waals surface area contributed by atoms with Crippen molar-refractivity contribution in [3.05, 3.63) is 49.3 Å². The smallest absolute Gasteiger partial charge is 0.227 e. The Morgan fingerprint density at radius 1 is 0.969 bits per heavy atom. The zero-order valence-corrected chi connectivity index (χ0v) is 18.7. The second-order valence-corrected chi connectivity index (χ2v) is 8.32. The normalized spacial score (nSPS) is 12.5. The molecular weight excluding hydrogens is 404 g/mol. The molecule has 32 heavy (non-hydrogen) atoms. The molecule has 0 bridgehead atoms. The Balaban J connectivity index is 1.69. The first-order valence-electron chi connectivity index (χ1n) is 10.7. The third-order valence-corrected chi connectivity index (χ3v) is 5.34. The highest BCUT2D eigenvalue weighted by molar-refractivity contribution is 5.87. The van der Waals surface area contributed by atoms with E-state index in [1.807, 2.05) is 42.7 Å². The van der Waals surface area contributed by atoms with E-state index in [0.29, 0.717) is 17.3 Å². The van der Waals surface area contributed by atoms with Crippen LogP contribution >= 0.6 is 0 Å². The maximum Gasteiger partial charge on any atom is 0.227 e. The molecule has 0 radical (unpaired) electrons. The van der Waals surface area contributed by atoms with Gasteiger partial charge in [0.1, 0.15) is 6.33 Å². The van der Waals surface area contributed by atoms with Crippen molar-refractivity contribution in [2.45, 2.75) is 39.8 Å². The maximum atomic E-state index is 9.74. The summed E-state index contributed by atoms with van der Waals surface area (Å²) in [5.74, 6) is 1.28. The number of aliphatic hydroxyl groups is 1. The van der Waals surface area contributed by atoms with Crippen LogP contribution in [-0.4, -0.2) is 47.2 Å². The second kappa shape index (κ2) is 9.27. The van der Waals surface area contributed by atoms with Crippen molar-refractivity contribution in [1.82, 2.24) is 29.5 Å². The van der Waals surface area contributed by atoms with Gasteiger partial charge in [-0.1, -0.05) is 26.0 Å². The summed E-state index contributed by atoms with van der Waals surface area (Å²) in [7, 11) is 0. The molecule has 0 unspecified atom stereocenters. The number of rotatable bonds is 8. The molecule has 3 N–H and O–H groups in total. The van der Waals surface area contributed by atoms with E-state index >= 15 is 0 Å². The SMILES string of the molecule is CC(C)[C@H](CO)Nc1nc(Nc2ccc(-c3cncnc3)cc2)c2ncn(C(C)C)c2n1. The fraction of sp³-hybridized carbons (Fsp3) is 0.348. The number of benzene rings is 1. The van der Waals surface area contributed by atoms with Crippen molar-refractivity contribution < 1.29 is 5.11 Å². The Morgan fingerprint density at radius 2 is 1.69 bits per heavy atom. The maximum absolute atomic E-state index is 9.74. The van der Waals surface area contributed by atoms with Crippen molar-refractivity contribution in [2.24, 2.45) is 5.92 Å². The number of aliphatic hydroxyl groups excluding tert-OH is 1. The summed E-state index contributed by atoms with van der Waals surface area (Å²) in [4.78, 5) is 22.1. The fourth-order valence-corrected chi connectivity index (χ4v) is 3.37. The molecule has 9 nitrogen and oxygen atoms in total. The van der Waals surface area contributed by atoms with Gasteiger partial charge in [-0.15, -0.1) is 0 Å². The van der Waals surface area contributed by atoms with Crippen LogP contribution in [0.1, 0.15) is 33.7 Å². The molecule has 0 aliphatic heterocycles. The molecule has 1 aromatic carbocycles. The molecule has 0 fully saturated rings. The lowest BCUT2D eigenvalue weighted by Crippen LogP contribution is -2.30. The minimum absolute atomic E-state index is 0.00404. The lowest BCUT2D eigenvalue weighted by molar-refractivity contribution is 0.248. The van der Waals surface area contributed by atoms with E-state index in [0.717, 1.165) is 22.5 Å². The van der Waals surface area contributed by atoms with Gasteiger partial charge in [0.25, 0.3) is 0 Å². The van der Waals surface area contributed by atoms with Crippen LogP contribution in [0.3, 0.4) is 0 Å². The van der Waals surface area contributed by atoms with E-state index in [9.17, 15) is 5.11 Å². The van der Waals surface area contributed by atoms with Gasteiger partial charge in [-0.3, -0.25) is 0 Å². The molecule has 0 spiro atoms. The van der Waals surface area contributed by atoms with E-state index in [1.54, 1.807) is 18.7 Å². The van der Waals surface area contributed by atoms with Gasteiger partial charge < -0.3 is 20.3 Å². The van der Waals surface area contributed by atoms with Crippen LogP contribution < -0.4 is 10.6 Å². The predicted octanol–water partition coefficient (Wildman–Crippen LogP) is 4.04. The molecule has 0 saturated heterocycles. The number of anilines is 3. The summed E-state index contributed by atoms with van der Waals surface area (Å²) in [5.41, 5.74) is 4.28. The van der Waals surface area contributed by atoms with E-state index in [2.05, 4.69) is 44.4 Å². The molecule has 9 heteroatoms. The van der Waals surface area contributed by atoms with Crippen LogP contribution in [0.25, 0.3) is 22.3 Å². The Labute approximate surface area is 187 Å². The Hall–Kier alpha value is -3.59. The fourth-order valence-electron chi connectivity index (χ4n) is 3.37. The highest BCUT2D eigenvalue weighted by atomic mass is 16.3. The van der Waals surface area contributed by atoms with Crippen molar-refractivity contribution in [3.8, 4) is 11.1 Å². The van der Waals surface area contributed by atoms with Crippen molar-refractivity contribution in [2.75, 3.05) is 17.2 Å². The van der Waals surface area contributed by atoms with Crippen molar-refractivity contribution >= 4 is 28.6 Å². The second-order valence-electron chi connectivity index (χ2n) is 8.32. The van der Waals surface area contributed by atoms with Gasteiger partial charge in [-0.05, 0) is 37.5 Å². The number of nitrogens with zero attached hydrogens (tertiary/aromatic N) is 6. The zero-order chi connectivity index (χ0) is 22.7. The Bertz CT molecular complexity index is 1170. The Morgan fingerprint density at radius 3 is 2.31 bits per heavy atom. The third kappa shape index (κ3) is 4.52. The van der Waals surface area contributed by atoms with E-state index in [1.165, 1.54) is 6.33 Å². The summed E-state index contributed by atoms with van der Waals surface area (Å²) < 4.78 is 2.01. The highest BCUT2D eigenvalue weighted by Gasteiger charge is 2.18. The third-order valence-electron chi connectivity index (χ3n) is 5.34. The van der Waals surface area contributed by atoms with E-state index in [4.69, 9.17) is 4.98 Å². The Kier molecular flexibility index (Phi) is 6.27. The first-order chi connectivity index (χ1) is 15.5. The zero-order valence-electron chi connectivity index (χ0n) is 18.7. The van der Waals surface area contributed by atoms with Crippen molar-refractivity contribution in [3.63, 3.8) is 0 Å². The number of hydrogen-bond donors (Lipinski definition) is 3.